The lowest BCUT2D eigenvalue weighted by molar-refractivity contribution is 0.492. The molecule has 0 unspecified atom stereocenters. The van der Waals surface area contributed by atoms with E-state index in [9.17, 15) is 0 Å². The van der Waals surface area contributed by atoms with Crippen molar-refractivity contribution in [2.24, 2.45) is 0 Å². The summed E-state index contributed by atoms with van der Waals surface area (Å²) in [5.74, 6) is 1.65. The molecule has 0 saturated heterocycles. The van der Waals surface area contributed by atoms with Crippen molar-refractivity contribution in [3.05, 3.63) is 29.8 Å². The van der Waals surface area contributed by atoms with Gasteiger partial charge in [0.05, 0.1) is 0 Å². The van der Waals surface area contributed by atoms with Crippen LogP contribution in [-0.2, 0) is 0 Å². The second kappa shape index (κ2) is 5.48. The lowest BCUT2D eigenvalue weighted by atomic mass is 9.99. The molecule has 1 rings (SSSR count). The predicted octanol–water partition coefficient (Wildman–Crippen LogP) is 5.58. The average Bonchev–Trinajstić information content (AvgIpc) is 2.27. The first-order chi connectivity index (χ1) is 8.17. The summed E-state index contributed by atoms with van der Waals surface area (Å²) >= 11 is 0. The minimum atomic E-state index is -1.70. The van der Waals surface area contributed by atoms with Crippen molar-refractivity contribution in [1.82, 2.24) is 0 Å². The van der Waals surface area contributed by atoms with E-state index in [1.54, 1.807) is 0 Å². The predicted molar refractivity (Wildman–Crippen MR) is 83.0 cm³/mol. The molecule has 2 heteroatoms. The molecule has 0 saturated carbocycles. The van der Waals surface area contributed by atoms with Gasteiger partial charge in [-0.2, -0.15) is 0 Å². The fraction of sp³-hybridized carbons (Fsp3) is 0.625. The van der Waals surface area contributed by atoms with Crippen molar-refractivity contribution < 1.29 is 4.43 Å². The first kappa shape index (κ1) is 15.3. The third-order valence-corrected chi connectivity index (χ3v) is 8.60. The van der Waals surface area contributed by atoms with Crippen LogP contribution in [0.15, 0.2) is 24.3 Å². The Kier molecular flexibility index (Phi) is 4.65. The van der Waals surface area contributed by atoms with Crippen LogP contribution >= 0.6 is 0 Å². The van der Waals surface area contributed by atoms with Crippen molar-refractivity contribution in [2.45, 2.75) is 65.1 Å². The molecular formula is C16H28OSi. The van der Waals surface area contributed by atoms with E-state index >= 15 is 0 Å². The zero-order chi connectivity index (χ0) is 14.0. The van der Waals surface area contributed by atoms with E-state index in [1.165, 1.54) is 12.0 Å². The smallest absolute Gasteiger partial charge is 0.250 e. The molecule has 0 aliphatic rings. The van der Waals surface area contributed by atoms with Crippen molar-refractivity contribution >= 4 is 8.32 Å². The van der Waals surface area contributed by atoms with Gasteiger partial charge in [0.2, 0.25) is 8.32 Å². The Morgan fingerprint density at radius 2 is 1.61 bits per heavy atom. The van der Waals surface area contributed by atoms with E-state index in [0.717, 1.165) is 5.75 Å². The molecule has 1 aromatic carbocycles. The molecule has 0 aromatic heterocycles. The molecule has 102 valence electrons. The molecule has 0 radical (unpaired) electrons. The van der Waals surface area contributed by atoms with Gasteiger partial charge in [0, 0.05) is 0 Å². The molecule has 0 amide bonds. The van der Waals surface area contributed by atoms with Gasteiger partial charge in [-0.15, -0.1) is 0 Å². The molecule has 1 nitrogen and oxygen atoms in total. The summed E-state index contributed by atoms with van der Waals surface area (Å²) in [5.41, 5.74) is 1.40. The second-order valence-corrected chi connectivity index (χ2v) is 11.5. The summed E-state index contributed by atoms with van der Waals surface area (Å²) in [6.45, 7) is 15.9. The van der Waals surface area contributed by atoms with Crippen LogP contribution in [0.2, 0.25) is 18.1 Å². The Labute approximate surface area is 114 Å². The standard InChI is InChI=1S/C16H28OSi/c1-8-13(2)14-9-11-15(12-10-14)17-18(6,7)16(3,4)5/h9-13H,8H2,1-7H3/t13-/m1/s1. The van der Waals surface area contributed by atoms with Crippen molar-refractivity contribution in [3.8, 4) is 5.75 Å². The van der Waals surface area contributed by atoms with Gasteiger partial charge in [-0.3, -0.25) is 0 Å². The fourth-order valence-electron chi connectivity index (χ4n) is 1.55. The molecular weight excluding hydrogens is 236 g/mol. The van der Waals surface area contributed by atoms with Crippen LogP contribution in [0.25, 0.3) is 0 Å². The number of benzene rings is 1. The van der Waals surface area contributed by atoms with Gasteiger partial charge in [-0.25, -0.2) is 0 Å². The highest BCUT2D eigenvalue weighted by molar-refractivity contribution is 6.74. The molecule has 1 atom stereocenters. The zero-order valence-corrected chi connectivity index (χ0v) is 14.0. The minimum Gasteiger partial charge on any atom is -0.544 e. The average molecular weight is 264 g/mol. The van der Waals surface area contributed by atoms with Gasteiger partial charge in [0.1, 0.15) is 5.75 Å². The van der Waals surface area contributed by atoms with E-state index in [2.05, 4.69) is 72.0 Å². The van der Waals surface area contributed by atoms with Gasteiger partial charge in [-0.05, 0) is 48.2 Å². The highest BCUT2D eigenvalue weighted by atomic mass is 28.4. The molecule has 0 spiro atoms. The summed E-state index contributed by atoms with van der Waals surface area (Å²) in [7, 11) is -1.70. The van der Waals surface area contributed by atoms with E-state index in [-0.39, 0.29) is 5.04 Å². The fourth-order valence-corrected chi connectivity index (χ4v) is 2.58. The zero-order valence-electron chi connectivity index (χ0n) is 13.0. The molecule has 0 aliphatic carbocycles. The van der Waals surface area contributed by atoms with E-state index < -0.39 is 8.32 Å². The quantitative estimate of drug-likeness (QED) is 0.645. The summed E-state index contributed by atoms with van der Waals surface area (Å²) in [6.07, 6.45) is 1.18. The highest BCUT2D eigenvalue weighted by Gasteiger charge is 2.38. The van der Waals surface area contributed by atoms with Crippen LogP contribution in [0.3, 0.4) is 0 Å². The maximum atomic E-state index is 6.27. The van der Waals surface area contributed by atoms with E-state index in [1.807, 2.05) is 0 Å². The molecule has 0 bridgehead atoms. The Morgan fingerprint density at radius 1 is 1.11 bits per heavy atom. The van der Waals surface area contributed by atoms with E-state index in [4.69, 9.17) is 4.43 Å². The highest BCUT2D eigenvalue weighted by Crippen LogP contribution is 2.37. The topological polar surface area (TPSA) is 9.23 Å². The van der Waals surface area contributed by atoms with Crippen molar-refractivity contribution in [3.63, 3.8) is 0 Å². The normalized spacial score (nSPS) is 14.4. The molecule has 1 aromatic rings. The van der Waals surface area contributed by atoms with Crippen LogP contribution in [0.1, 0.15) is 52.5 Å². The number of hydrogen-bond acceptors (Lipinski definition) is 1. The minimum absolute atomic E-state index is 0.252. The maximum Gasteiger partial charge on any atom is 0.250 e. The van der Waals surface area contributed by atoms with Gasteiger partial charge in [-0.1, -0.05) is 46.8 Å². The van der Waals surface area contributed by atoms with Crippen LogP contribution in [-0.4, -0.2) is 8.32 Å². The third-order valence-electron chi connectivity index (χ3n) is 4.24. The largest absolute Gasteiger partial charge is 0.544 e. The molecule has 0 fully saturated rings. The Morgan fingerprint density at radius 3 is 2.00 bits per heavy atom. The number of hydrogen-bond donors (Lipinski definition) is 0. The van der Waals surface area contributed by atoms with Crippen LogP contribution in [0.5, 0.6) is 5.75 Å². The maximum absolute atomic E-state index is 6.27. The first-order valence-electron chi connectivity index (χ1n) is 6.96. The summed E-state index contributed by atoms with van der Waals surface area (Å²) in [6, 6.07) is 8.66. The first-order valence-corrected chi connectivity index (χ1v) is 9.87. The molecule has 0 aliphatic heterocycles. The Hall–Kier alpha value is -0.763. The monoisotopic (exact) mass is 264 g/mol. The van der Waals surface area contributed by atoms with Gasteiger partial charge >= 0.3 is 0 Å². The van der Waals surface area contributed by atoms with E-state index in [0.29, 0.717) is 5.92 Å². The van der Waals surface area contributed by atoms with Crippen molar-refractivity contribution in [2.75, 3.05) is 0 Å². The lowest BCUT2D eigenvalue weighted by Gasteiger charge is -2.36. The molecule has 0 N–H and O–H groups in total. The second-order valence-electron chi connectivity index (χ2n) is 6.74. The van der Waals surface area contributed by atoms with Gasteiger partial charge < -0.3 is 4.43 Å². The number of rotatable bonds is 4. The Balaban J connectivity index is 2.81. The van der Waals surface area contributed by atoms with Crippen LogP contribution < -0.4 is 4.43 Å². The summed E-state index contributed by atoms with van der Waals surface area (Å²) in [5, 5.41) is 0.252. The summed E-state index contributed by atoms with van der Waals surface area (Å²) in [4.78, 5) is 0. The Bertz CT molecular complexity index is 373. The van der Waals surface area contributed by atoms with Gasteiger partial charge in [0.25, 0.3) is 0 Å². The summed E-state index contributed by atoms with van der Waals surface area (Å²) < 4.78 is 6.27. The van der Waals surface area contributed by atoms with Crippen LogP contribution in [0, 0.1) is 0 Å². The van der Waals surface area contributed by atoms with Crippen LogP contribution in [0.4, 0.5) is 0 Å². The van der Waals surface area contributed by atoms with Gasteiger partial charge in [0.15, 0.2) is 0 Å². The molecule has 18 heavy (non-hydrogen) atoms. The van der Waals surface area contributed by atoms with Crippen molar-refractivity contribution in [1.29, 1.82) is 0 Å². The third kappa shape index (κ3) is 3.61. The SMILES string of the molecule is CC[C@@H](C)c1ccc(O[Si](C)(C)C(C)(C)C)cc1. The molecule has 0 heterocycles. The lowest BCUT2D eigenvalue weighted by Crippen LogP contribution is -2.43.